The fraction of sp³-hybridized carbons (Fsp3) is 0. The highest BCUT2D eigenvalue weighted by Crippen LogP contribution is 2.32. The normalized spacial score (nSPS) is 10.5. The van der Waals surface area contributed by atoms with Crippen LogP contribution in [0.1, 0.15) is 0 Å². The van der Waals surface area contributed by atoms with Crippen LogP contribution in [-0.2, 0) is 0 Å². The zero-order chi connectivity index (χ0) is 13.2. The predicted octanol–water partition coefficient (Wildman–Crippen LogP) is 3.04. The zero-order valence-electron chi connectivity index (χ0n) is 10.1. The van der Waals surface area contributed by atoms with Gasteiger partial charge in [0.15, 0.2) is 0 Å². The molecule has 2 aromatic heterocycles. The van der Waals surface area contributed by atoms with Crippen LogP contribution in [0.25, 0.3) is 22.0 Å². The summed E-state index contributed by atoms with van der Waals surface area (Å²) in [6.07, 6.45) is 1.75. The third kappa shape index (κ3) is 2.28. The van der Waals surface area contributed by atoms with Crippen molar-refractivity contribution in [2.75, 3.05) is 11.5 Å². The molecule has 1 aromatic carbocycles. The van der Waals surface area contributed by atoms with Gasteiger partial charge in [-0.2, -0.15) is 0 Å². The number of nitrogen functional groups attached to an aromatic ring is 2. The molecule has 94 valence electrons. The van der Waals surface area contributed by atoms with Crippen molar-refractivity contribution in [2.24, 2.45) is 0 Å². The van der Waals surface area contributed by atoms with Crippen LogP contribution in [0.4, 0.5) is 11.4 Å². The smallest absolute Gasteiger partial charge is 0.126 e. The number of anilines is 2. The van der Waals surface area contributed by atoms with Gasteiger partial charge in [0.2, 0.25) is 0 Å². The van der Waals surface area contributed by atoms with E-state index in [1.54, 1.807) is 18.3 Å². The van der Waals surface area contributed by atoms with Crippen LogP contribution in [0.15, 0.2) is 48.0 Å². The van der Waals surface area contributed by atoms with Gasteiger partial charge in [-0.25, -0.2) is 4.98 Å². The molecule has 4 nitrogen and oxygen atoms in total. The number of hydrogen-bond donors (Lipinski definition) is 2. The first-order valence-corrected chi connectivity index (χ1v) is 6.64. The molecule has 2 heterocycles. The van der Waals surface area contributed by atoms with Crippen molar-refractivity contribution in [1.82, 2.24) is 9.97 Å². The van der Waals surface area contributed by atoms with Crippen molar-refractivity contribution in [2.45, 2.75) is 0 Å². The van der Waals surface area contributed by atoms with E-state index in [-0.39, 0.29) is 0 Å². The summed E-state index contributed by atoms with van der Waals surface area (Å²) in [4.78, 5) is 8.86. The van der Waals surface area contributed by atoms with Crippen LogP contribution in [0.5, 0.6) is 0 Å². The molecular formula is C14H12N4S. The van der Waals surface area contributed by atoms with Crippen molar-refractivity contribution in [3.8, 4) is 22.0 Å². The van der Waals surface area contributed by atoms with Crippen molar-refractivity contribution < 1.29 is 0 Å². The lowest BCUT2D eigenvalue weighted by Crippen LogP contribution is -1.92. The highest BCUT2D eigenvalue weighted by atomic mass is 32.1. The quantitative estimate of drug-likeness (QED) is 0.700. The molecule has 4 N–H and O–H groups in total. The van der Waals surface area contributed by atoms with Gasteiger partial charge in [-0.05, 0) is 30.3 Å². The second-order valence-corrected chi connectivity index (χ2v) is 4.96. The van der Waals surface area contributed by atoms with Gasteiger partial charge in [0.05, 0.1) is 5.69 Å². The Morgan fingerprint density at radius 3 is 2.68 bits per heavy atom. The first-order chi connectivity index (χ1) is 9.24. The van der Waals surface area contributed by atoms with Gasteiger partial charge in [-0.3, -0.25) is 4.98 Å². The van der Waals surface area contributed by atoms with Crippen LogP contribution in [-0.4, -0.2) is 9.97 Å². The molecule has 0 atom stereocenters. The topological polar surface area (TPSA) is 77.8 Å². The summed E-state index contributed by atoms with van der Waals surface area (Å²) in [6, 6.07) is 11.2. The summed E-state index contributed by atoms with van der Waals surface area (Å²) in [5.74, 6) is 0. The Balaban J connectivity index is 2.04. The van der Waals surface area contributed by atoms with Crippen molar-refractivity contribution in [1.29, 1.82) is 0 Å². The van der Waals surface area contributed by atoms with E-state index >= 15 is 0 Å². The second kappa shape index (κ2) is 4.70. The van der Waals surface area contributed by atoms with E-state index in [0.29, 0.717) is 11.4 Å². The molecule has 19 heavy (non-hydrogen) atoms. The van der Waals surface area contributed by atoms with E-state index < -0.39 is 0 Å². The molecule has 0 aliphatic rings. The van der Waals surface area contributed by atoms with E-state index in [2.05, 4.69) is 9.97 Å². The highest BCUT2D eigenvalue weighted by Gasteiger charge is 2.10. The molecule has 3 rings (SSSR count). The van der Waals surface area contributed by atoms with Crippen LogP contribution in [0.2, 0.25) is 0 Å². The molecule has 0 aliphatic heterocycles. The largest absolute Gasteiger partial charge is 0.399 e. The van der Waals surface area contributed by atoms with E-state index in [1.807, 2.05) is 29.6 Å². The minimum Gasteiger partial charge on any atom is -0.399 e. The lowest BCUT2D eigenvalue weighted by atomic mass is 10.1. The summed E-state index contributed by atoms with van der Waals surface area (Å²) >= 11 is 1.53. The average Bonchev–Trinajstić information content (AvgIpc) is 2.92. The minimum atomic E-state index is 0.677. The Labute approximate surface area is 114 Å². The van der Waals surface area contributed by atoms with Crippen molar-refractivity contribution in [3.05, 3.63) is 48.0 Å². The summed E-state index contributed by atoms with van der Waals surface area (Å²) < 4.78 is 0. The van der Waals surface area contributed by atoms with Crippen LogP contribution in [0, 0.1) is 0 Å². The molecule has 0 saturated heterocycles. The number of nitrogens with two attached hydrogens (primary N) is 2. The molecule has 0 unspecified atom stereocenters. The molecule has 0 radical (unpaired) electrons. The first kappa shape index (κ1) is 11.7. The second-order valence-electron chi connectivity index (χ2n) is 4.10. The van der Waals surface area contributed by atoms with Crippen LogP contribution in [0.3, 0.4) is 0 Å². The summed E-state index contributed by atoms with van der Waals surface area (Å²) in [5.41, 5.74) is 15.7. The van der Waals surface area contributed by atoms with Gasteiger partial charge in [0, 0.05) is 28.5 Å². The molecule has 0 saturated carbocycles. The Morgan fingerprint density at radius 2 is 1.89 bits per heavy atom. The third-order valence-electron chi connectivity index (χ3n) is 2.74. The summed E-state index contributed by atoms with van der Waals surface area (Å²) in [6.45, 7) is 0. The first-order valence-electron chi connectivity index (χ1n) is 5.76. The Hall–Kier alpha value is -2.40. The van der Waals surface area contributed by atoms with E-state index in [4.69, 9.17) is 11.5 Å². The maximum absolute atomic E-state index is 5.96. The minimum absolute atomic E-state index is 0.677. The Morgan fingerprint density at radius 1 is 1.00 bits per heavy atom. The number of rotatable bonds is 2. The van der Waals surface area contributed by atoms with Crippen molar-refractivity contribution in [3.63, 3.8) is 0 Å². The predicted molar refractivity (Wildman–Crippen MR) is 79.6 cm³/mol. The summed E-state index contributed by atoms with van der Waals surface area (Å²) in [7, 11) is 0. The maximum atomic E-state index is 5.96. The SMILES string of the molecule is Nc1ccc(N)c(-c2nc(-c3ccccn3)cs2)c1. The molecular weight excluding hydrogens is 256 g/mol. The lowest BCUT2D eigenvalue weighted by molar-refractivity contribution is 1.28. The molecule has 3 aromatic rings. The average molecular weight is 268 g/mol. The standard InChI is InChI=1S/C14H12N4S/c15-9-4-5-11(16)10(7-9)14-18-13(8-19-14)12-3-1-2-6-17-12/h1-8H,15-16H2. The fourth-order valence-electron chi connectivity index (χ4n) is 1.79. The molecule has 0 amide bonds. The molecule has 5 heteroatoms. The molecule has 0 aliphatic carbocycles. The monoisotopic (exact) mass is 268 g/mol. The van der Waals surface area contributed by atoms with Crippen LogP contribution >= 0.6 is 11.3 Å². The number of benzene rings is 1. The number of thiazole rings is 1. The van der Waals surface area contributed by atoms with E-state index in [9.17, 15) is 0 Å². The number of hydrogen-bond acceptors (Lipinski definition) is 5. The third-order valence-corrected chi connectivity index (χ3v) is 3.61. The summed E-state index contributed by atoms with van der Waals surface area (Å²) in [5, 5.41) is 2.82. The van der Waals surface area contributed by atoms with Gasteiger partial charge in [0.25, 0.3) is 0 Å². The van der Waals surface area contributed by atoms with Crippen molar-refractivity contribution >= 4 is 22.7 Å². The Bertz CT molecular complexity index is 706. The van der Waals surface area contributed by atoms with Gasteiger partial charge < -0.3 is 11.5 Å². The van der Waals surface area contributed by atoms with E-state index in [1.165, 1.54) is 11.3 Å². The number of nitrogens with zero attached hydrogens (tertiary/aromatic N) is 2. The molecule has 0 fully saturated rings. The van der Waals surface area contributed by atoms with Gasteiger partial charge in [-0.15, -0.1) is 11.3 Å². The molecule has 0 bridgehead atoms. The lowest BCUT2D eigenvalue weighted by Gasteiger charge is -2.03. The van der Waals surface area contributed by atoms with E-state index in [0.717, 1.165) is 22.0 Å². The number of aromatic nitrogens is 2. The van der Waals surface area contributed by atoms with Crippen LogP contribution < -0.4 is 11.5 Å². The fourth-order valence-corrected chi connectivity index (χ4v) is 2.64. The Kier molecular flexibility index (Phi) is 2.89. The van der Waals surface area contributed by atoms with Gasteiger partial charge in [-0.1, -0.05) is 6.07 Å². The van der Waals surface area contributed by atoms with Gasteiger partial charge >= 0.3 is 0 Å². The van der Waals surface area contributed by atoms with Gasteiger partial charge in [0.1, 0.15) is 10.7 Å². The highest BCUT2D eigenvalue weighted by molar-refractivity contribution is 7.13. The zero-order valence-corrected chi connectivity index (χ0v) is 10.9. The maximum Gasteiger partial charge on any atom is 0.126 e. The molecule has 0 spiro atoms. The number of pyridine rings is 1.